The maximum Gasteiger partial charge on any atom is 0.261 e. The molecule has 1 aromatic rings. The van der Waals surface area contributed by atoms with Crippen LogP contribution in [0.1, 0.15) is 6.92 Å². The molecular formula is C17H24N4O4. The van der Waals surface area contributed by atoms with Crippen LogP contribution in [0.25, 0.3) is 0 Å². The van der Waals surface area contributed by atoms with E-state index < -0.39 is 11.9 Å². The zero-order chi connectivity index (χ0) is 18.6. The third-order valence-electron chi connectivity index (χ3n) is 4.17. The molecule has 1 fully saturated rings. The molecule has 2 rings (SSSR count). The second kappa shape index (κ2) is 7.87. The van der Waals surface area contributed by atoms with Crippen LogP contribution in [-0.2, 0) is 14.4 Å². The first kappa shape index (κ1) is 18.6. The fourth-order valence-electron chi connectivity index (χ4n) is 2.69. The highest BCUT2D eigenvalue weighted by Crippen LogP contribution is 2.19. The van der Waals surface area contributed by atoms with E-state index in [1.54, 1.807) is 6.07 Å². The van der Waals surface area contributed by atoms with Crippen molar-refractivity contribution in [2.45, 2.75) is 13.0 Å². The van der Waals surface area contributed by atoms with Gasteiger partial charge in [0, 0.05) is 45.9 Å². The molecule has 8 heteroatoms. The van der Waals surface area contributed by atoms with Crippen LogP contribution in [0.15, 0.2) is 24.3 Å². The van der Waals surface area contributed by atoms with E-state index in [4.69, 9.17) is 10.5 Å². The van der Waals surface area contributed by atoms with Crippen molar-refractivity contribution in [1.82, 2.24) is 9.80 Å². The number of carbonyl (C=O) groups excluding carboxylic acids is 3. The van der Waals surface area contributed by atoms with E-state index in [1.165, 1.54) is 16.7 Å². The predicted molar refractivity (Wildman–Crippen MR) is 93.2 cm³/mol. The normalized spacial score (nSPS) is 17.2. The van der Waals surface area contributed by atoms with Gasteiger partial charge in [0.2, 0.25) is 11.8 Å². The summed E-state index contributed by atoms with van der Waals surface area (Å²) in [5.41, 5.74) is 6.35. The average Bonchev–Trinajstić information content (AvgIpc) is 2.59. The molecular weight excluding hydrogens is 324 g/mol. The van der Waals surface area contributed by atoms with Crippen LogP contribution in [0.2, 0.25) is 0 Å². The number of primary amides is 1. The Kier molecular flexibility index (Phi) is 5.84. The standard InChI is InChI=1S/C17H24N4O4/c1-12(22)20-7-8-21(15(10-20)17(18)24)16(23)11-25-14-6-4-5-13(9-14)19(2)3/h4-6,9,15H,7-8,10-11H2,1-3H3,(H2,18,24). The van der Waals surface area contributed by atoms with Gasteiger partial charge in [0.25, 0.3) is 5.91 Å². The highest BCUT2D eigenvalue weighted by molar-refractivity contribution is 5.88. The van der Waals surface area contributed by atoms with Gasteiger partial charge >= 0.3 is 0 Å². The van der Waals surface area contributed by atoms with Crippen molar-refractivity contribution in [3.8, 4) is 5.75 Å². The van der Waals surface area contributed by atoms with Crippen LogP contribution >= 0.6 is 0 Å². The number of amides is 3. The summed E-state index contributed by atoms with van der Waals surface area (Å²) in [5.74, 6) is -0.538. The Morgan fingerprint density at radius 2 is 2.00 bits per heavy atom. The van der Waals surface area contributed by atoms with Gasteiger partial charge in [-0.2, -0.15) is 0 Å². The van der Waals surface area contributed by atoms with Crippen LogP contribution in [0.5, 0.6) is 5.75 Å². The zero-order valence-electron chi connectivity index (χ0n) is 14.8. The largest absolute Gasteiger partial charge is 0.484 e. The molecule has 1 atom stereocenters. The fraction of sp³-hybridized carbons (Fsp3) is 0.471. The van der Waals surface area contributed by atoms with Crippen molar-refractivity contribution >= 4 is 23.4 Å². The highest BCUT2D eigenvalue weighted by Gasteiger charge is 2.35. The molecule has 0 spiro atoms. The molecule has 1 saturated heterocycles. The van der Waals surface area contributed by atoms with Crippen LogP contribution in [-0.4, -0.2) is 73.9 Å². The lowest BCUT2D eigenvalue weighted by Gasteiger charge is -2.39. The molecule has 0 aromatic heterocycles. The minimum atomic E-state index is -0.832. The van der Waals surface area contributed by atoms with Crippen molar-refractivity contribution in [1.29, 1.82) is 0 Å². The maximum absolute atomic E-state index is 12.5. The number of rotatable bonds is 5. The van der Waals surface area contributed by atoms with Gasteiger partial charge in [0.1, 0.15) is 11.8 Å². The van der Waals surface area contributed by atoms with Crippen molar-refractivity contribution < 1.29 is 19.1 Å². The molecule has 2 N–H and O–H groups in total. The number of hydrogen-bond acceptors (Lipinski definition) is 5. The minimum absolute atomic E-state index is 0.118. The molecule has 1 unspecified atom stereocenters. The zero-order valence-corrected chi connectivity index (χ0v) is 14.8. The quantitative estimate of drug-likeness (QED) is 0.786. The van der Waals surface area contributed by atoms with Gasteiger partial charge in [-0.15, -0.1) is 0 Å². The van der Waals surface area contributed by atoms with Gasteiger partial charge in [-0.25, -0.2) is 0 Å². The minimum Gasteiger partial charge on any atom is -0.484 e. The number of anilines is 1. The number of hydrogen-bond donors (Lipinski definition) is 1. The molecule has 1 heterocycles. The topological polar surface area (TPSA) is 96.2 Å². The molecule has 0 saturated carbocycles. The smallest absolute Gasteiger partial charge is 0.261 e. The molecule has 3 amide bonds. The van der Waals surface area contributed by atoms with Gasteiger partial charge in [0.15, 0.2) is 6.61 Å². The number of carbonyl (C=O) groups is 3. The van der Waals surface area contributed by atoms with Crippen LogP contribution in [0, 0.1) is 0 Å². The summed E-state index contributed by atoms with van der Waals surface area (Å²) in [7, 11) is 3.83. The molecule has 1 aromatic carbocycles. The summed E-state index contributed by atoms with van der Waals surface area (Å²) in [6, 6.07) is 6.53. The number of benzene rings is 1. The molecule has 0 bridgehead atoms. The van der Waals surface area contributed by atoms with Gasteiger partial charge in [-0.1, -0.05) is 6.07 Å². The van der Waals surface area contributed by atoms with Crippen LogP contribution in [0.4, 0.5) is 5.69 Å². The lowest BCUT2D eigenvalue weighted by atomic mass is 10.1. The summed E-state index contributed by atoms with van der Waals surface area (Å²) in [4.78, 5) is 40.4. The third-order valence-corrected chi connectivity index (χ3v) is 4.17. The highest BCUT2D eigenvalue weighted by atomic mass is 16.5. The monoisotopic (exact) mass is 348 g/mol. The van der Waals surface area contributed by atoms with Crippen LogP contribution < -0.4 is 15.4 Å². The predicted octanol–water partition coefficient (Wildman–Crippen LogP) is -0.324. The van der Waals surface area contributed by atoms with Gasteiger partial charge in [-0.3, -0.25) is 14.4 Å². The number of nitrogens with two attached hydrogens (primary N) is 1. The Balaban J connectivity index is 2.00. The summed E-state index contributed by atoms with van der Waals surface area (Å²) in [6.07, 6.45) is 0. The lowest BCUT2D eigenvalue weighted by Crippen LogP contribution is -2.61. The Morgan fingerprint density at radius 1 is 1.28 bits per heavy atom. The summed E-state index contributed by atoms with van der Waals surface area (Å²) >= 11 is 0. The van der Waals surface area contributed by atoms with Gasteiger partial charge in [-0.05, 0) is 12.1 Å². The van der Waals surface area contributed by atoms with Gasteiger partial charge < -0.3 is 25.2 Å². The van der Waals surface area contributed by atoms with E-state index in [2.05, 4.69) is 0 Å². The molecule has 8 nitrogen and oxygen atoms in total. The number of ether oxygens (including phenoxy) is 1. The Labute approximate surface area is 147 Å². The Bertz CT molecular complexity index is 662. The average molecular weight is 348 g/mol. The van der Waals surface area contributed by atoms with E-state index in [0.29, 0.717) is 12.3 Å². The van der Waals surface area contributed by atoms with Crippen molar-refractivity contribution in [3.05, 3.63) is 24.3 Å². The molecule has 25 heavy (non-hydrogen) atoms. The summed E-state index contributed by atoms with van der Waals surface area (Å²) in [6.45, 7) is 1.98. The maximum atomic E-state index is 12.5. The number of piperazine rings is 1. The van der Waals surface area contributed by atoms with E-state index in [9.17, 15) is 14.4 Å². The Hall–Kier alpha value is -2.77. The summed E-state index contributed by atoms with van der Waals surface area (Å²) in [5, 5.41) is 0. The van der Waals surface area contributed by atoms with E-state index in [1.807, 2.05) is 37.2 Å². The summed E-state index contributed by atoms with van der Waals surface area (Å²) < 4.78 is 5.56. The fourth-order valence-corrected chi connectivity index (χ4v) is 2.69. The van der Waals surface area contributed by atoms with Crippen molar-refractivity contribution in [2.75, 3.05) is 45.2 Å². The molecule has 1 aliphatic rings. The first-order chi connectivity index (χ1) is 11.8. The van der Waals surface area contributed by atoms with Crippen molar-refractivity contribution in [3.63, 3.8) is 0 Å². The van der Waals surface area contributed by atoms with E-state index >= 15 is 0 Å². The van der Waals surface area contributed by atoms with E-state index in [-0.39, 0.29) is 31.5 Å². The number of nitrogens with zero attached hydrogens (tertiary/aromatic N) is 3. The van der Waals surface area contributed by atoms with Crippen LogP contribution in [0.3, 0.4) is 0 Å². The second-order valence-corrected chi connectivity index (χ2v) is 6.15. The lowest BCUT2D eigenvalue weighted by molar-refractivity contribution is -0.148. The van der Waals surface area contributed by atoms with Gasteiger partial charge in [0.05, 0.1) is 6.54 Å². The first-order valence-corrected chi connectivity index (χ1v) is 8.04. The molecule has 1 aliphatic heterocycles. The van der Waals surface area contributed by atoms with Crippen molar-refractivity contribution in [2.24, 2.45) is 5.73 Å². The third kappa shape index (κ3) is 4.62. The van der Waals surface area contributed by atoms with E-state index in [0.717, 1.165) is 5.69 Å². The SMILES string of the molecule is CC(=O)N1CCN(C(=O)COc2cccc(N(C)C)c2)C(C(N)=O)C1. The second-order valence-electron chi connectivity index (χ2n) is 6.15. The Morgan fingerprint density at radius 3 is 2.60 bits per heavy atom. The molecule has 0 aliphatic carbocycles. The molecule has 0 radical (unpaired) electrons. The first-order valence-electron chi connectivity index (χ1n) is 8.04. The molecule has 136 valence electrons.